The minimum absolute atomic E-state index is 0.141. The van der Waals surface area contributed by atoms with Crippen molar-refractivity contribution in [2.75, 3.05) is 11.9 Å². The Morgan fingerprint density at radius 1 is 1.27 bits per heavy atom. The number of aromatic amines is 1. The van der Waals surface area contributed by atoms with Gasteiger partial charge in [0.15, 0.2) is 5.82 Å². The average Bonchev–Trinajstić information content (AvgIpc) is 3.06. The number of nitrogens with zero attached hydrogens (tertiary/aromatic N) is 3. The Kier molecular flexibility index (Phi) is 4.21. The first-order chi connectivity index (χ1) is 14.4. The number of aromatic nitrogens is 3. The number of carbonyl (C=O) groups excluding carboxylic acids is 1. The molecule has 1 N–H and O–H groups in total. The molecule has 2 aromatic heterocycles. The summed E-state index contributed by atoms with van der Waals surface area (Å²) >= 11 is 3.52. The number of para-hydroxylation sites is 1. The fourth-order valence-electron chi connectivity index (χ4n) is 4.29. The highest BCUT2D eigenvalue weighted by Gasteiger charge is 2.59. The van der Waals surface area contributed by atoms with Crippen molar-refractivity contribution in [2.45, 2.75) is 18.9 Å². The molecule has 152 valence electrons. The van der Waals surface area contributed by atoms with E-state index >= 15 is 0 Å². The van der Waals surface area contributed by atoms with E-state index in [9.17, 15) is 9.59 Å². The van der Waals surface area contributed by atoms with Crippen LogP contribution in [0.15, 0.2) is 68.4 Å². The lowest BCUT2D eigenvalue weighted by Crippen LogP contribution is -2.33. The van der Waals surface area contributed by atoms with E-state index in [1.807, 2.05) is 59.2 Å². The molecule has 1 fully saturated rings. The van der Waals surface area contributed by atoms with E-state index in [1.165, 1.54) is 0 Å². The molecule has 0 saturated heterocycles. The third-order valence-electron chi connectivity index (χ3n) is 5.95. The molecule has 0 spiro atoms. The minimum atomic E-state index is -0.635. The maximum atomic E-state index is 13.6. The molecule has 1 aliphatic carbocycles. The molecule has 0 radical (unpaired) electrons. The molecule has 30 heavy (non-hydrogen) atoms. The van der Waals surface area contributed by atoms with E-state index in [0.717, 1.165) is 27.5 Å². The van der Waals surface area contributed by atoms with Gasteiger partial charge in [0.1, 0.15) is 11.2 Å². The topological polar surface area (TPSA) is 84.1 Å². The van der Waals surface area contributed by atoms with Gasteiger partial charge in [-0.2, -0.15) is 0 Å². The molecule has 0 bridgehead atoms. The molecule has 4 aromatic rings. The van der Waals surface area contributed by atoms with Gasteiger partial charge in [0, 0.05) is 28.1 Å². The van der Waals surface area contributed by atoms with Crippen molar-refractivity contribution in [1.29, 1.82) is 0 Å². The standard InChI is InChI=1S/C22H19BrN4O3/c1-13-12-22(13,20-24-21(29)30-25-20)27-17-9-8-15(23)10-14(17)11-18(27)19(28)26(2)16-6-4-3-5-7-16/h3-11,13H,12H2,1-2H3,(H,24,25,29). The Balaban J connectivity index is 1.73. The highest BCUT2D eigenvalue weighted by Crippen LogP contribution is 2.55. The number of hydrogen-bond acceptors (Lipinski definition) is 4. The van der Waals surface area contributed by atoms with Gasteiger partial charge in [-0.3, -0.25) is 14.3 Å². The first-order valence-electron chi connectivity index (χ1n) is 9.63. The lowest BCUT2D eigenvalue weighted by atomic mass is 10.1. The van der Waals surface area contributed by atoms with Gasteiger partial charge in [-0.1, -0.05) is 46.2 Å². The van der Waals surface area contributed by atoms with Crippen LogP contribution in [-0.2, 0) is 5.54 Å². The van der Waals surface area contributed by atoms with E-state index in [0.29, 0.717) is 11.5 Å². The highest BCUT2D eigenvalue weighted by atomic mass is 79.9. The molecule has 7 nitrogen and oxygen atoms in total. The SMILES string of the molecule is CC1CC1(c1noc(=O)[nH]1)n1c(C(=O)N(C)c2ccccc2)cc2cc(Br)ccc21. The molecule has 1 aliphatic rings. The van der Waals surface area contributed by atoms with Crippen LogP contribution < -0.4 is 10.7 Å². The first kappa shape index (κ1) is 18.9. The van der Waals surface area contributed by atoms with Gasteiger partial charge in [0.05, 0.1) is 0 Å². The van der Waals surface area contributed by atoms with Crippen LogP contribution in [0.5, 0.6) is 0 Å². The van der Waals surface area contributed by atoms with Gasteiger partial charge in [-0.05, 0) is 48.7 Å². The molecule has 5 rings (SSSR count). The van der Waals surface area contributed by atoms with Crippen molar-refractivity contribution >= 4 is 38.4 Å². The molecule has 2 heterocycles. The average molecular weight is 467 g/mol. The number of fused-ring (bicyclic) bond motifs is 1. The summed E-state index contributed by atoms with van der Waals surface area (Å²) in [5.41, 5.74) is 1.59. The summed E-state index contributed by atoms with van der Waals surface area (Å²) in [5.74, 6) is -0.127. The minimum Gasteiger partial charge on any atom is -0.323 e. The number of anilines is 1. The third kappa shape index (κ3) is 2.74. The maximum absolute atomic E-state index is 13.6. The number of H-pyrrole nitrogens is 1. The summed E-state index contributed by atoms with van der Waals surface area (Å²) in [6.07, 6.45) is 0.741. The van der Waals surface area contributed by atoms with E-state index in [1.54, 1.807) is 11.9 Å². The van der Waals surface area contributed by atoms with Gasteiger partial charge in [-0.15, -0.1) is 0 Å². The summed E-state index contributed by atoms with van der Waals surface area (Å²) in [5, 5.41) is 4.92. The van der Waals surface area contributed by atoms with E-state index < -0.39 is 11.3 Å². The van der Waals surface area contributed by atoms with Gasteiger partial charge >= 0.3 is 5.76 Å². The monoisotopic (exact) mass is 466 g/mol. The van der Waals surface area contributed by atoms with Crippen LogP contribution >= 0.6 is 15.9 Å². The Morgan fingerprint density at radius 3 is 2.63 bits per heavy atom. The van der Waals surface area contributed by atoms with Crippen molar-refractivity contribution < 1.29 is 9.32 Å². The van der Waals surface area contributed by atoms with E-state index in [-0.39, 0.29) is 11.8 Å². The zero-order chi connectivity index (χ0) is 21.0. The van der Waals surface area contributed by atoms with Gasteiger partial charge in [0.2, 0.25) is 0 Å². The summed E-state index contributed by atoms with van der Waals surface area (Å²) in [6.45, 7) is 2.08. The van der Waals surface area contributed by atoms with Crippen LogP contribution in [0.2, 0.25) is 0 Å². The van der Waals surface area contributed by atoms with Crippen LogP contribution in [0, 0.1) is 5.92 Å². The van der Waals surface area contributed by atoms with E-state index in [2.05, 4.69) is 33.0 Å². The molecule has 0 aliphatic heterocycles. The number of rotatable bonds is 4. The van der Waals surface area contributed by atoms with Crippen molar-refractivity contribution in [1.82, 2.24) is 14.7 Å². The Bertz CT molecular complexity index is 1320. The quantitative estimate of drug-likeness (QED) is 0.489. The lowest BCUT2D eigenvalue weighted by Gasteiger charge is -2.23. The van der Waals surface area contributed by atoms with Crippen molar-refractivity contribution in [2.24, 2.45) is 5.92 Å². The first-order valence-corrected chi connectivity index (χ1v) is 10.4. The second-order valence-electron chi connectivity index (χ2n) is 7.74. The number of amides is 1. The molecule has 2 unspecified atom stereocenters. The number of hydrogen-bond donors (Lipinski definition) is 1. The molecule has 1 saturated carbocycles. The van der Waals surface area contributed by atoms with Crippen molar-refractivity contribution in [3.8, 4) is 0 Å². The van der Waals surface area contributed by atoms with Crippen molar-refractivity contribution in [3.63, 3.8) is 0 Å². The summed E-state index contributed by atoms with van der Waals surface area (Å²) in [6, 6.07) is 17.3. The molecular formula is C22H19BrN4O3. The van der Waals surface area contributed by atoms with E-state index in [4.69, 9.17) is 4.52 Å². The molecule has 2 atom stereocenters. The van der Waals surface area contributed by atoms with Gasteiger partial charge in [-0.25, -0.2) is 4.79 Å². The fraction of sp³-hybridized carbons (Fsp3) is 0.227. The molecule has 2 aromatic carbocycles. The van der Waals surface area contributed by atoms with Crippen molar-refractivity contribution in [3.05, 3.63) is 81.1 Å². The van der Waals surface area contributed by atoms with Crippen LogP contribution in [0.3, 0.4) is 0 Å². The lowest BCUT2D eigenvalue weighted by molar-refractivity contribution is 0.0982. The summed E-state index contributed by atoms with van der Waals surface area (Å²) in [7, 11) is 1.76. The van der Waals surface area contributed by atoms with Crippen LogP contribution in [-0.4, -0.2) is 27.7 Å². The van der Waals surface area contributed by atoms with Crippen LogP contribution in [0.4, 0.5) is 5.69 Å². The third-order valence-corrected chi connectivity index (χ3v) is 6.45. The van der Waals surface area contributed by atoms with Gasteiger partial charge in [0.25, 0.3) is 5.91 Å². The molecule has 1 amide bonds. The van der Waals surface area contributed by atoms with Gasteiger partial charge < -0.3 is 9.47 Å². The predicted molar refractivity (Wildman–Crippen MR) is 117 cm³/mol. The Morgan fingerprint density at radius 2 is 2.00 bits per heavy atom. The molecular weight excluding hydrogens is 448 g/mol. The van der Waals surface area contributed by atoms with Crippen LogP contribution in [0.1, 0.15) is 29.7 Å². The molecule has 8 heteroatoms. The second kappa shape index (κ2) is 6.70. The number of nitrogens with one attached hydrogen (secondary N) is 1. The summed E-state index contributed by atoms with van der Waals surface area (Å²) < 4.78 is 7.74. The number of carbonyl (C=O) groups is 1. The number of halogens is 1. The second-order valence-corrected chi connectivity index (χ2v) is 8.66. The predicted octanol–water partition coefficient (Wildman–Crippen LogP) is 4.14. The zero-order valence-corrected chi connectivity index (χ0v) is 18.0. The fourth-order valence-corrected chi connectivity index (χ4v) is 4.67. The zero-order valence-electron chi connectivity index (χ0n) is 16.4. The Labute approximate surface area is 180 Å². The Hall–Kier alpha value is -3.13. The van der Waals surface area contributed by atoms with Crippen LogP contribution in [0.25, 0.3) is 10.9 Å². The highest BCUT2D eigenvalue weighted by molar-refractivity contribution is 9.10. The number of benzene rings is 2. The maximum Gasteiger partial charge on any atom is 0.438 e. The largest absolute Gasteiger partial charge is 0.438 e. The normalized spacial score (nSPS) is 20.4. The summed E-state index contributed by atoms with van der Waals surface area (Å²) in [4.78, 5) is 29.6. The smallest absolute Gasteiger partial charge is 0.323 e.